The lowest BCUT2D eigenvalue weighted by Crippen LogP contribution is -1.93. The summed E-state index contributed by atoms with van der Waals surface area (Å²) in [5.74, 6) is -1.25. The van der Waals surface area contributed by atoms with Crippen LogP contribution >= 0.6 is 22.6 Å². The monoisotopic (exact) mass is 279 g/mol. The van der Waals surface area contributed by atoms with Gasteiger partial charge in [0.05, 0.1) is 12.5 Å². The second kappa shape index (κ2) is 3.81. The topological polar surface area (TPSA) is 23.8 Å². The van der Waals surface area contributed by atoms with Crippen LogP contribution < -0.4 is 0 Å². The molecule has 0 bridgehead atoms. The zero-order valence-corrected chi connectivity index (χ0v) is 8.10. The Kier molecular flexibility index (Phi) is 2.98. The molecule has 1 aromatic rings. The van der Waals surface area contributed by atoms with Gasteiger partial charge in [0, 0.05) is 15.2 Å². The first kappa shape index (κ1) is 9.39. The molecule has 1 nitrogen and oxygen atoms in total. The smallest absolute Gasteiger partial charge is 0.139 e. The van der Waals surface area contributed by atoms with Gasteiger partial charge >= 0.3 is 0 Å². The summed E-state index contributed by atoms with van der Waals surface area (Å²) in [5.41, 5.74) is 0.239. The second-order valence-electron chi connectivity index (χ2n) is 2.19. The van der Waals surface area contributed by atoms with Crippen molar-refractivity contribution in [2.24, 2.45) is 0 Å². The Balaban J connectivity index is 3.16. The predicted molar refractivity (Wildman–Crippen MR) is 48.4 cm³/mol. The van der Waals surface area contributed by atoms with Gasteiger partial charge in [0.25, 0.3) is 0 Å². The van der Waals surface area contributed by atoms with E-state index in [0.29, 0.717) is 3.57 Å². The van der Waals surface area contributed by atoms with Crippen molar-refractivity contribution < 1.29 is 8.78 Å². The van der Waals surface area contributed by atoms with Crippen LogP contribution in [0, 0.1) is 26.5 Å². The Morgan fingerprint density at radius 1 is 1.33 bits per heavy atom. The molecular weight excluding hydrogens is 275 g/mol. The molecule has 1 rings (SSSR count). The fourth-order valence-electron chi connectivity index (χ4n) is 0.784. The van der Waals surface area contributed by atoms with E-state index in [4.69, 9.17) is 5.26 Å². The molecule has 0 aliphatic carbocycles. The molecule has 0 saturated heterocycles. The van der Waals surface area contributed by atoms with Crippen molar-refractivity contribution in [3.05, 3.63) is 32.9 Å². The lowest BCUT2D eigenvalue weighted by Gasteiger charge is -1.99. The Bertz CT molecular complexity index is 344. The van der Waals surface area contributed by atoms with Crippen LogP contribution in [0.2, 0.25) is 0 Å². The van der Waals surface area contributed by atoms with Crippen molar-refractivity contribution in [2.75, 3.05) is 0 Å². The first-order chi connectivity index (χ1) is 5.65. The Morgan fingerprint density at radius 3 is 2.58 bits per heavy atom. The molecule has 0 aromatic heterocycles. The zero-order valence-electron chi connectivity index (χ0n) is 5.94. The van der Waals surface area contributed by atoms with Crippen LogP contribution in [0.1, 0.15) is 5.56 Å². The lowest BCUT2D eigenvalue weighted by atomic mass is 10.1. The number of hydrogen-bond acceptors (Lipinski definition) is 1. The van der Waals surface area contributed by atoms with Gasteiger partial charge in [0.2, 0.25) is 0 Å². The van der Waals surface area contributed by atoms with Crippen LogP contribution in [-0.2, 0) is 6.42 Å². The normalized spacial score (nSPS) is 9.50. The molecule has 12 heavy (non-hydrogen) atoms. The molecule has 0 aliphatic rings. The van der Waals surface area contributed by atoms with Gasteiger partial charge in [0.15, 0.2) is 0 Å². The highest BCUT2D eigenvalue weighted by Crippen LogP contribution is 2.16. The summed E-state index contributed by atoms with van der Waals surface area (Å²) in [7, 11) is 0. The summed E-state index contributed by atoms with van der Waals surface area (Å²) in [6.07, 6.45) is -0.0257. The van der Waals surface area contributed by atoms with E-state index in [1.54, 1.807) is 28.7 Å². The molecule has 0 saturated carbocycles. The third kappa shape index (κ3) is 1.91. The van der Waals surface area contributed by atoms with E-state index in [9.17, 15) is 8.78 Å². The summed E-state index contributed by atoms with van der Waals surface area (Å²) in [5, 5.41) is 8.29. The third-order valence-electron chi connectivity index (χ3n) is 1.36. The number of benzene rings is 1. The molecule has 0 N–H and O–H groups in total. The van der Waals surface area contributed by atoms with Crippen LogP contribution in [0.25, 0.3) is 0 Å². The van der Waals surface area contributed by atoms with E-state index < -0.39 is 11.6 Å². The first-order valence-corrected chi connectivity index (χ1v) is 4.23. The average Bonchev–Trinajstić information content (AvgIpc) is 2.01. The number of halogens is 3. The van der Waals surface area contributed by atoms with E-state index in [2.05, 4.69) is 0 Å². The minimum Gasteiger partial charge on any atom is -0.207 e. The highest BCUT2D eigenvalue weighted by Gasteiger charge is 2.06. The molecule has 0 amide bonds. The fraction of sp³-hybridized carbons (Fsp3) is 0.125. The van der Waals surface area contributed by atoms with Crippen molar-refractivity contribution in [1.29, 1.82) is 5.26 Å². The van der Waals surface area contributed by atoms with Crippen molar-refractivity contribution >= 4 is 22.6 Å². The second-order valence-corrected chi connectivity index (χ2v) is 3.35. The van der Waals surface area contributed by atoms with Gasteiger partial charge in [-0.25, -0.2) is 8.78 Å². The van der Waals surface area contributed by atoms with E-state index in [1.165, 1.54) is 6.07 Å². The number of nitrogens with zero attached hydrogens (tertiary/aromatic N) is 1. The quantitative estimate of drug-likeness (QED) is 0.572. The number of hydrogen-bond donors (Lipinski definition) is 0. The van der Waals surface area contributed by atoms with Crippen molar-refractivity contribution in [2.45, 2.75) is 6.42 Å². The van der Waals surface area contributed by atoms with E-state index in [1.807, 2.05) is 0 Å². The molecular formula is C8H4F2IN. The van der Waals surface area contributed by atoms with Gasteiger partial charge in [-0.3, -0.25) is 0 Å². The van der Waals surface area contributed by atoms with Crippen molar-refractivity contribution in [3.8, 4) is 6.07 Å². The molecule has 0 aliphatic heterocycles. The SMILES string of the molecule is N#CCc1cc(I)c(F)cc1F. The van der Waals surface area contributed by atoms with Gasteiger partial charge in [-0.1, -0.05) is 0 Å². The Hall–Kier alpha value is -0.700. The van der Waals surface area contributed by atoms with Gasteiger partial charge in [-0.05, 0) is 28.7 Å². The molecule has 0 radical (unpaired) electrons. The van der Waals surface area contributed by atoms with Crippen LogP contribution in [0.5, 0.6) is 0 Å². The first-order valence-electron chi connectivity index (χ1n) is 3.15. The van der Waals surface area contributed by atoms with Crippen LogP contribution in [0.4, 0.5) is 8.78 Å². The largest absolute Gasteiger partial charge is 0.207 e. The maximum Gasteiger partial charge on any atom is 0.139 e. The molecule has 4 heteroatoms. The van der Waals surface area contributed by atoms with Crippen molar-refractivity contribution in [1.82, 2.24) is 0 Å². The zero-order chi connectivity index (χ0) is 9.14. The van der Waals surface area contributed by atoms with Crippen molar-refractivity contribution in [3.63, 3.8) is 0 Å². The van der Waals surface area contributed by atoms with Crippen LogP contribution in [0.3, 0.4) is 0 Å². The van der Waals surface area contributed by atoms with Gasteiger partial charge in [-0.2, -0.15) is 5.26 Å². The molecule has 62 valence electrons. The third-order valence-corrected chi connectivity index (χ3v) is 2.19. The molecule has 0 atom stereocenters. The van der Waals surface area contributed by atoms with Gasteiger partial charge in [-0.15, -0.1) is 0 Å². The van der Waals surface area contributed by atoms with Gasteiger partial charge in [0.1, 0.15) is 11.6 Å². The standard InChI is InChI=1S/C8H4F2IN/c9-6-4-7(10)8(11)3-5(6)1-2-12/h3-4H,1H2. The Labute approximate surface area is 82.1 Å². The molecule has 0 heterocycles. The highest BCUT2D eigenvalue weighted by molar-refractivity contribution is 14.1. The molecule has 0 fully saturated rings. The number of rotatable bonds is 1. The molecule has 1 aromatic carbocycles. The van der Waals surface area contributed by atoms with E-state index >= 15 is 0 Å². The van der Waals surface area contributed by atoms with Crippen LogP contribution in [0.15, 0.2) is 12.1 Å². The lowest BCUT2D eigenvalue weighted by molar-refractivity contribution is 0.571. The summed E-state index contributed by atoms with van der Waals surface area (Å²) in [4.78, 5) is 0. The number of nitriles is 1. The van der Waals surface area contributed by atoms with E-state index in [0.717, 1.165) is 6.07 Å². The summed E-state index contributed by atoms with van der Waals surface area (Å²) in [6, 6.07) is 3.95. The predicted octanol–water partition coefficient (Wildman–Crippen LogP) is 2.64. The minimum absolute atomic E-state index is 0.0257. The van der Waals surface area contributed by atoms with Crippen LogP contribution in [-0.4, -0.2) is 0 Å². The fourth-order valence-corrected chi connectivity index (χ4v) is 1.32. The highest BCUT2D eigenvalue weighted by atomic mass is 127. The molecule has 0 unspecified atom stereocenters. The van der Waals surface area contributed by atoms with Gasteiger partial charge < -0.3 is 0 Å². The summed E-state index contributed by atoms with van der Waals surface area (Å²) < 4.78 is 25.8. The minimum atomic E-state index is -0.658. The summed E-state index contributed by atoms with van der Waals surface area (Å²) >= 11 is 1.76. The van der Waals surface area contributed by atoms with E-state index in [-0.39, 0.29) is 12.0 Å². The Morgan fingerprint density at radius 2 is 2.00 bits per heavy atom. The summed E-state index contributed by atoms with van der Waals surface area (Å²) in [6.45, 7) is 0. The maximum atomic E-state index is 12.8. The average molecular weight is 279 g/mol. The maximum absolute atomic E-state index is 12.8. The molecule has 0 spiro atoms.